The van der Waals surface area contributed by atoms with Crippen LogP contribution >= 0.6 is 11.3 Å². The molecule has 2 aromatic rings. The van der Waals surface area contributed by atoms with E-state index in [1.54, 1.807) is 12.1 Å². The van der Waals surface area contributed by atoms with Gasteiger partial charge in [0.25, 0.3) is 0 Å². The lowest BCUT2D eigenvalue weighted by Crippen LogP contribution is -2.15. The van der Waals surface area contributed by atoms with Crippen molar-refractivity contribution in [3.05, 3.63) is 46.6 Å². The van der Waals surface area contributed by atoms with Crippen molar-refractivity contribution >= 4 is 11.3 Å². The fourth-order valence-corrected chi connectivity index (χ4v) is 2.78. The molecule has 1 aliphatic carbocycles. The number of rotatable bonds is 4. The highest BCUT2D eigenvalue weighted by molar-refractivity contribution is 7.16. The number of benzene rings is 1. The summed E-state index contributed by atoms with van der Waals surface area (Å²) in [5, 5.41) is 12.2. The van der Waals surface area contributed by atoms with Crippen molar-refractivity contribution in [1.82, 2.24) is 5.32 Å². The monoisotopic (exact) mass is 272 g/mol. The number of nitriles is 1. The number of hydrogen-bond acceptors (Lipinski definition) is 3. The second-order valence-electron chi connectivity index (χ2n) is 4.75. The number of nitrogens with zero attached hydrogens (tertiary/aromatic N) is 1. The molecule has 4 heteroatoms. The van der Waals surface area contributed by atoms with Gasteiger partial charge in [-0.3, -0.25) is 0 Å². The van der Waals surface area contributed by atoms with Crippen LogP contribution in [0.4, 0.5) is 4.39 Å². The molecular formula is C15H13FN2S. The van der Waals surface area contributed by atoms with Crippen LogP contribution in [0.1, 0.15) is 23.3 Å². The summed E-state index contributed by atoms with van der Waals surface area (Å²) in [5.74, 6) is -0.235. The smallest absolute Gasteiger partial charge is 0.131 e. The molecule has 1 heterocycles. The van der Waals surface area contributed by atoms with Crippen molar-refractivity contribution in [2.75, 3.05) is 0 Å². The number of halogens is 1. The standard InChI is InChI=1S/C15H13FN2S/c16-14-5-1-10(9-18-11-2-3-11)7-13(14)15-6-4-12(8-17)19-15/h1,4-7,11,18H,2-3,9H2. The van der Waals surface area contributed by atoms with Crippen LogP contribution in [0.2, 0.25) is 0 Å². The minimum absolute atomic E-state index is 0.235. The Kier molecular flexibility index (Phi) is 3.33. The van der Waals surface area contributed by atoms with Gasteiger partial charge in [-0.15, -0.1) is 11.3 Å². The molecule has 0 aliphatic heterocycles. The lowest BCUT2D eigenvalue weighted by Gasteiger charge is -2.06. The van der Waals surface area contributed by atoms with E-state index in [4.69, 9.17) is 5.26 Å². The van der Waals surface area contributed by atoms with Crippen LogP contribution in [0.25, 0.3) is 10.4 Å². The summed E-state index contributed by atoms with van der Waals surface area (Å²) in [4.78, 5) is 1.42. The normalized spacial score (nSPS) is 14.3. The molecule has 19 heavy (non-hydrogen) atoms. The van der Waals surface area contributed by atoms with Crippen LogP contribution in [0.5, 0.6) is 0 Å². The highest BCUT2D eigenvalue weighted by Gasteiger charge is 2.20. The molecule has 0 radical (unpaired) electrons. The van der Waals surface area contributed by atoms with Gasteiger partial charge in [0.05, 0.1) is 0 Å². The third-order valence-corrected chi connectivity index (χ3v) is 4.21. The molecule has 3 rings (SSSR count). The molecule has 2 nitrogen and oxygen atoms in total. The average molecular weight is 272 g/mol. The van der Waals surface area contributed by atoms with Gasteiger partial charge in [-0.2, -0.15) is 5.26 Å². The van der Waals surface area contributed by atoms with E-state index in [1.807, 2.05) is 12.1 Å². The van der Waals surface area contributed by atoms with Gasteiger partial charge in [-0.05, 0) is 42.7 Å². The van der Waals surface area contributed by atoms with E-state index in [1.165, 1.54) is 30.2 Å². The molecule has 1 aliphatic rings. The third kappa shape index (κ3) is 2.83. The van der Waals surface area contributed by atoms with Crippen LogP contribution in [0, 0.1) is 17.1 Å². The first-order chi connectivity index (χ1) is 9.26. The lowest BCUT2D eigenvalue weighted by molar-refractivity contribution is 0.628. The highest BCUT2D eigenvalue weighted by Crippen LogP contribution is 2.30. The Bertz CT molecular complexity index is 638. The third-order valence-electron chi connectivity index (χ3n) is 3.18. The molecule has 96 valence electrons. The van der Waals surface area contributed by atoms with Crippen molar-refractivity contribution in [3.8, 4) is 16.5 Å². The van der Waals surface area contributed by atoms with Crippen molar-refractivity contribution < 1.29 is 4.39 Å². The summed E-state index contributed by atoms with van der Waals surface area (Å²) in [7, 11) is 0. The second-order valence-corrected chi connectivity index (χ2v) is 5.83. The Morgan fingerprint density at radius 3 is 2.84 bits per heavy atom. The summed E-state index contributed by atoms with van der Waals surface area (Å²) in [6.45, 7) is 0.772. The predicted octanol–water partition coefficient (Wildman–Crippen LogP) is 3.68. The van der Waals surface area contributed by atoms with Gasteiger partial charge in [-0.25, -0.2) is 4.39 Å². The summed E-state index contributed by atoms with van der Waals surface area (Å²) >= 11 is 1.32. The quantitative estimate of drug-likeness (QED) is 0.921. The lowest BCUT2D eigenvalue weighted by atomic mass is 10.1. The van der Waals surface area contributed by atoms with E-state index >= 15 is 0 Å². The molecule has 0 saturated heterocycles. The van der Waals surface area contributed by atoms with Crippen molar-refractivity contribution in [2.24, 2.45) is 0 Å². The zero-order valence-corrected chi connectivity index (χ0v) is 11.1. The SMILES string of the molecule is N#Cc1ccc(-c2cc(CNC3CC3)ccc2F)s1. The van der Waals surface area contributed by atoms with Crippen molar-refractivity contribution in [1.29, 1.82) is 5.26 Å². The Labute approximate surface area is 115 Å². The summed E-state index contributed by atoms with van der Waals surface area (Å²) in [5.41, 5.74) is 1.66. The van der Waals surface area contributed by atoms with E-state index < -0.39 is 0 Å². The summed E-state index contributed by atoms with van der Waals surface area (Å²) in [6.07, 6.45) is 2.48. The average Bonchev–Trinajstić information content (AvgIpc) is 3.13. The van der Waals surface area contributed by atoms with Crippen LogP contribution in [-0.2, 0) is 6.54 Å². The Morgan fingerprint density at radius 2 is 2.16 bits per heavy atom. The largest absolute Gasteiger partial charge is 0.310 e. The highest BCUT2D eigenvalue weighted by atomic mass is 32.1. The first kappa shape index (κ1) is 12.3. The maximum absolute atomic E-state index is 13.9. The van der Waals surface area contributed by atoms with Gasteiger partial charge >= 0.3 is 0 Å². The Morgan fingerprint density at radius 1 is 1.32 bits per heavy atom. The van der Waals surface area contributed by atoms with Crippen molar-refractivity contribution in [3.63, 3.8) is 0 Å². The molecule has 1 N–H and O–H groups in total. The van der Waals surface area contributed by atoms with Crippen LogP contribution in [0.3, 0.4) is 0 Å². The molecule has 1 aromatic carbocycles. The molecule has 0 amide bonds. The van der Waals surface area contributed by atoms with Gasteiger partial charge in [0.15, 0.2) is 0 Å². The van der Waals surface area contributed by atoms with Crippen LogP contribution in [0.15, 0.2) is 30.3 Å². The summed E-state index contributed by atoms with van der Waals surface area (Å²) in [6, 6.07) is 11.4. The molecule has 0 atom stereocenters. The molecule has 0 unspecified atom stereocenters. The van der Waals surface area contributed by atoms with Gasteiger partial charge in [0.1, 0.15) is 16.8 Å². The Hall–Kier alpha value is -1.70. The zero-order chi connectivity index (χ0) is 13.2. The molecule has 0 spiro atoms. The number of thiophene rings is 1. The van der Waals surface area contributed by atoms with Gasteiger partial charge in [0, 0.05) is 23.0 Å². The van der Waals surface area contributed by atoms with E-state index in [0.717, 1.165) is 17.0 Å². The second kappa shape index (κ2) is 5.12. The minimum Gasteiger partial charge on any atom is -0.310 e. The topological polar surface area (TPSA) is 35.8 Å². The van der Waals surface area contributed by atoms with Gasteiger partial charge in [0.2, 0.25) is 0 Å². The number of hydrogen-bond donors (Lipinski definition) is 1. The van der Waals surface area contributed by atoms with E-state index in [-0.39, 0.29) is 5.82 Å². The van der Waals surface area contributed by atoms with E-state index in [9.17, 15) is 4.39 Å². The van der Waals surface area contributed by atoms with E-state index in [2.05, 4.69) is 11.4 Å². The molecule has 1 saturated carbocycles. The Balaban J connectivity index is 1.86. The van der Waals surface area contributed by atoms with Crippen molar-refractivity contribution in [2.45, 2.75) is 25.4 Å². The number of nitrogens with one attached hydrogen (secondary N) is 1. The maximum Gasteiger partial charge on any atom is 0.131 e. The van der Waals surface area contributed by atoms with Crippen LogP contribution in [-0.4, -0.2) is 6.04 Å². The molecule has 1 aromatic heterocycles. The maximum atomic E-state index is 13.9. The molecule has 1 fully saturated rings. The predicted molar refractivity (Wildman–Crippen MR) is 74.3 cm³/mol. The van der Waals surface area contributed by atoms with Crippen LogP contribution < -0.4 is 5.32 Å². The van der Waals surface area contributed by atoms with Gasteiger partial charge in [-0.1, -0.05) is 6.07 Å². The molecular weight excluding hydrogens is 259 g/mol. The molecule has 0 bridgehead atoms. The van der Waals surface area contributed by atoms with Gasteiger partial charge < -0.3 is 5.32 Å². The van der Waals surface area contributed by atoms with E-state index in [0.29, 0.717) is 16.5 Å². The minimum atomic E-state index is -0.235. The first-order valence-corrected chi connectivity index (χ1v) is 7.10. The zero-order valence-electron chi connectivity index (χ0n) is 10.3. The first-order valence-electron chi connectivity index (χ1n) is 6.28. The fourth-order valence-electron chi connectivity index (χ4n) is 1.96. The fraction of sp³-hybridized carbons (Fsp3) is 0.267. The summed E-state index contributed by atoms with van der Waals surface area (Å²) < 4.78 is 13.9.